The first-order valence-corrected chi connectivity index (χ1v) is 7.74. The molecule has 8 heteroatoms. The van der Waals surface area contributed by atoms with Crippen molar-refractivity contribution in [3.05, 3.63) is 76.1 Å². The van der Waals surface area contributed by atoms with Crippen LogP contribution >= 0.6 is 0 Å². The van der Waals surface area contributed by atoms with Gasteiger partial charge in [0, 0.05) is 5.56 Å². The minimum atomic E-state index is -1.57. The van der Waals surface area contributed by atoms with E-state index < -0.39 is 34.4 Å². The molecule has 8 nitrogen and oxygen atoms in total. The Morgan fingerprint density at radius 2 is 1.52 bits per heavy atom. The van der Waals surface area contributed by atoms with Crippen molar-refractivity contribution in [2.24, 2.45) is 0 Å². The van der Waals surface area contributed by atoms with E-state index in [1.165, 1.54) is 12.1 Å². The van der Waals surface area contributed by atoms with Crippen molar-refractivity contribution in [1.82, 2.24) is 4.98 Å². The van der Waals surface area contributed by atoms with Gasteiger partial charge in [-0.1, -0.05) is 30.3 Å². The number of nitrogens with one attached hydrogen (secondary N) is 1. The number of pyridine rings is 1. The molecule has 1 heterocycles. The lowest BCUT2D eigenvalue weighted by molar-refractivity contribution is 0.0695. The van der Waals surface area contributed by atoms with Gasteiger partial charge < -0.3 is 25.7 Å². The number of carboxylic acids is 2. The van der Waals surface area contributed by atoms with Crippen molar-refractivity contribution in [2.45, 2.75) is 0 Å². The number of aromatic amines is 1. The third kappa shape index (κ3) is 3.49. The Labute approximate surface area is 152 Å². The summed E-state index contributed by atoms with van der Waals surface area (Å²) in [5, 5.41) is 18.9. The van der Waals surface area contributed by atoms with Crippen molar-refractivity contribution >= 4 is 17.8 Å². The van der Waals surface area contributed by atoms with Crippen molar-refractivity contribution < 1.29 is 24.5 Å². The summed E-state index contributed by atoms with van der Waals surface area (Å²) in [5.41, 5.74) is 3.33. The molecule has 5 N–H and O–H groups in total. The highest BCUT2D eigenvalue weighted by molar-refractivity contribution is 6.07. The summed E-state index contributed by atoms with van der Waals surface area (Å²) in [6, 6.07) is 14.9. The van der Waals surface area contributed by atoms with Crippen LogP contribution in [0.5, 0.6) is 11.5 Å². The van der Waals surface area contributed by atoms with Crippen LogP contribution in [0.2, 0.25) is 0 Å². The van der Waals surface area contributed by atoms with Gasteiger partial charge in [0.05, 0.1) is 0 Å². The summed E-state index contributed by atoms with van der Waals surface area (Å²) < 4.78 is 5.69. The predicted octanol–water partition coefficient (Wildman–Crippen LogP) is 2.81. The molecule has 0 aliphatic carbocycles. The number of anilines is 1. The maximum atomic E-state index is 12.1. The molecule has 0 aliphatic heterocycles. The first-order valence-electron chi connectivity index (χ1n) is 7.74. The van der Waals surface area contributed by atoms with Crippen LogP contribution in [0.15, 0.2) is 59.4 Å². The monoisotopic (exact) mass is 366 g/mol. The van der Waals surface area contributed by atoms with E-state index in [0.717, 1.165) is 0 Å². The van der Waals surface area contributed by atoms with Crippen molar-refractivity contribution in [1.29, 1.82) is 0 Å². The molecule has 0 radical (unpaired) electrons. The lowest BCUT2D eigenvalue weighted by atomic mass is 9.95. The number of hydrogen-bond donors (Lipinski definition) is 4. The van der Waals surface area contributed by atoms with Crippen LogP contribution < -0.4 is 16.0 Å². The Morgan fingerprint density at radius 1 is 0.889 bits per heavy atom. The Bertz CT molecular complexity index is 1090. The third-order valence-electron chi connectivity index (χ3n) is 3.77. The van der Waals surface area contributed by atoms with Crippen LogP contribution in [-0.4, -0.2) is 27.1 Å². The second-order valence-electron chi connectivity index (χ2n) is 5.55. The zero-order chi connectivity index (χ0) is 19.6. The van der Waals surface area contributed by atoms with Gasteiger partial charge in [0.2, 0.25) is 0 Å². The molecule has 3 rings (SSSR count). The molecule has 0 saturated carbocycles. The zero-order valence-corrected chi connectivity index (χ0v) is 13.8. The molecular weight excluding hydrogens is 352 g/mol. The molecule has 136 valence electrons. The van der Waals surface area contributed by atoms with Crippen LogP contribution in [-0.2, 0) is 0 Å². The molecule has 0 aliphatic rings. The number of nitrogen functional groups attached to an aromatic ring is 1. The number of carbonyl (C=O) groups is 2. The van der Waals surface area contributed by atoms with Gasteiger partial charge in [0.1, 0.15) is 28.4 Å². The van der Waals surface area contributed by atoms with E-state index >= 15 is 0 Å². The average Bonchev–Trinajstić information content (AvgIpc) is 2.61. The summed E-state index contributed by atoms with van der Waals surface area (Å²) in [6.07, 6.45) is 0. The van der Waals surface area contributed by atoms with E-state index in [0.29, 0.717) is 11.5 Å². The molecule has 0 unspecified atom stereocenters. The van der Waals surface area contributed by atoms with E-state index in [1.807, 2.05) is 6.07 Å². The molecule has 0 saturated heterocycles. The number of aromatic carboxylic acids is 2. The van der Waals surface area contributed by atoms with Crippen LogP contribution in [0.4, 0.5) is 5.82 Å². The molecule has 3 aromatic rings. The van der Waals surface area contributed by atoms with Crippen molar-refractivity contribution in [2.75, 3.05) is 5.73 Å². The van der Waals surface area contributed by atoms with E-state index in [-0.39, 0.29) is 11.1 Å². The lowest BCUT2D eigenvalue weighted by Crippen LogP contribution is -2.24. The van der Waals surface area contributed by atoms with Crippen LogP contribution in [0.25, 0.3) is 11.1 Å². The fourth-order valence-corrected chi connectivity index (χ4v) is 2.68. The average molecular weight is 366 g/mol. The van der Waals surface area contributed by atoms with Gasteiger partial charge in [0.25, 0.3) is 5.56 Å². The fraction of sp³-hybridized carbons (Fsp3) is 0. The summed E-state index contributed by atoms with van der Waals surface area (Å²) in [5.74, 6) is -2.58. The Hall–Kier alpha value is -4.07. The molecule has 27 heavy (non-hydrogen) atoms. The van der Waals surface area contributed by atoms with E-state index in [1.54, 1.807) is 36.4 Å². The topological polar surface area (TPSA) is 143 Å². The van der Waals surface area contributed by atoms with Gasteiger partial charge in [-0.05, 0) is 29.8 Å². The standard InChI is InChI=1S/C19H14N2O6/c20-16-14(18(23)24)13(15(19(25)26)17(22)21-16)10-5-4-8-12(9-10)27-11-6-2-1-3-7-11/h1-9H,(H,23,24)(H,25,26)(H3,20,21,22). The number of benzene rings is 2. The molecule has 0 atom stereocenters. The number of para-hydroxylation sites is 1. The number of rotatable bonds is 5. The van der Waals surface area contributed by atoms with Crippen molar-refractivity contribution in [3.8, 4) is 22.6 Å². The van der Waals surface area contributed by atoms with Gasteiger partial charge in [-0.25, -0.2) is 9.59 Å². The maximum Gasteiger partial charge on any atom is 0.342 e. The third-order valence-corrected chi connectivity index (χ3v) is 3.77. The second kappa shape index (κ2) is 7.04. The number of nitrogens with two attached hydrogens (primary N) is 1. The summed E-state index contributed by atoms with van der Waals surface area (Å²) >= 11 is 0. The SMILES string of the molecule is Nc1[nH]c(=O)c(C(=O)O)c(-c2cccc(Oc3ccccc3)c2)c1C(=O)O. The normalized spacial score (nSPS) is 10.4. The lowest BCUT2D eigenvalue weighted by Gasteiger charge is -2.13. The zero-order valence-electron chi connectivity index (χ0n) is 13.8. The highest BCUT2D eigenvalue weighted by atomic mass is 16.5. The summed E-state index contributed by atoms with van der Waals surface area (Å²) in [6.45, 7) is 0. The van der Waals surface area contributed by atoms with Gasteiger partial charge >= 0.3 is 11.9 Å². The molecular formula is C19H14N2O6. The van der Waals surface area contributed by atoms with Crippen LogP contribution in [0.1, 0.15) is 20.7 Å². The second-order valence-corrected chi connectivity index (χ2v) is 5.55. The quantitative estimate of drug-likeness (QED) is 0.543. The van der Waals surface area contributed by atoms with Crippen LogP contribution in [0.3, 0.4) is 0 Å². The number of hydrogen-bond acceptors (Lipinski definition) is 5. The Kier molecular flexibility index (Phi) is 4.63. The predicted molar refractivity (Wildman–Crippen MR) is 97.3 cm³/mol. The van der Waals surface area contributed by atoms with Crippen molar-refractivity contribution in [3.63, 3.8) is 0 Å². The Balaban J connectivity index is 2.22. The first kappa shape index (κ1) is 17.7. The molecule has 1 aromatic heterocycles. The van der Waals surface area contributed by atoms with E-state index in [9.17, 15) is 24.6 Å². The first-order chi connectivity index (χ1) is 12.9. The number of H-pyrrole nitrogens is 1. The van der Waals surface area contributed by atoms with E-state index in [2.05, 4.69) is 4.98 Å². The molecule has 0 bridgehead atoms. The van der Waals surface area contributed by atoms with Gasteiger partial charge in [-0.15, -0.1) is 0 Å². The minimum absolute atomic E-state index is 0.177. The highest BCUT2D eigenvalue weighted by Gasteiger charge is 2.26. The van der Waals surface area contributed by atoms with Gasteiger partial charge in [0.15, 0.2) is 0 Å². The smallest absolute Gasteiger partial charge is 0.342 e. The number of ether oxygens (including phenoxy) is 1. The molecule has 0 spiro atoms. The van der Waals surface area contributed by atoms with Gasteiger partial charge in [-0.2, -0.15) is 0 Å². The summed E-state index contributed by atoms with van der Waals surface area (Å²) in [4.78, 5) is 37.4. The van der Waals surface area contributed by atoms with E-state index in [4.69, 9.17) is 10.5 Å². The fourth-order valence-electron chi connectivity index (χ4n) is 2.68. The molecule has 0 amide bonds. The largest absolute Gasteiger partial charge is 0.478 e. The molecule has 0 fully saturated rings. The highest BCUT2D eigenvalue weighted by Crippen LogP contribution is 2.32. The number of aromatic nitrogens is 1. The van der Waals surface area contributed by atoms with Gasteiger partial charge in [-0.3, -0.25) is 4.79 Å². The minimum Gasteiger partial charge on any atom is -0.478 e. The summed E-state index contributed by atoms with van der Waals surface area (Å²) in [7, 11) is 0. The molecule has 2 aromatic carbocycles. The Morgan fingerprint density at radius 3 is 2.15 bits per heavy atom. The maximum absolute atomic E-state index is 12.1. The van der Waals surface area contributed by atoms with Crippen LogP contribution in [0, 0.1) is 0 Å². The number of carboxylic acid groups (broad SMARTS) is 2.